The molecule has 0 N–H and O–H groups in total. The number of carbonyl (C=O) groups excluding carboxylic acids is 1. The summed E-state index contributed by atoms with van der Waals surface area (Å²) in [6, 6.07) is 17.0. The van der Waals surface area contributed by atoms with Crippen LogP contribution in [0.4, 0.5) is 0 Å². The molecule has 0 heterocycles. The van der Waals surface area contributed by atoms with Gasteiger partial charge in [0, 0.05) is 27.8 Å². The highest BCUT2D eigenvalue weighted by atomic mass is 32.2. The van der Waals surface area contributed by atoms with Gasteiger partial charge in [-0.1, -0.05) is 42.5 Å². The number of carbonyl (C=O) groups is 1. The Kier molecular flexibility index (Phi) is 3.81. The molecule has 2 rings (SSSR count). The average Bonchev–Trinajstić information content (AvgIpc) is 2.38. The van der Waals surface area contributed by atoms with Gasteiger partial charge in [0.1, 0.15) is 0 Å². The molecule has 0 fully saturated rings. The fourth-order valence-corrected chi connectivity index (χ4v) is 2.19. The summed E-state index contributed by atoms with van der Waals surface area (Å²) in [5, 5.41) is 0. The van der Waals surface area contributed by atoms with Crippen LogP contribution in [0.5, 0.6) is 0 Å². The molecular weight excluding hydrogens is 258 g/mol. The fourth-order valence-electron chi connectivity index (χ4n) is 1.69. The van der Waals surface area contributed by atoms with Crippen LogP contribution in [0.2, 0.25) is 0 Å². The van der Waals surface area contributed by atoms with Gasteiger partial charge in [-0.25, -0.2) is 4.21 Å². The first kappa shape index (κ1) is 13.5. The SMILES string of the molecule is CS(C)(=O)=NC(=O)c1ccc(-c2ccccc2)cc1. The van der Waals surface area contributed by atoms with Gasteiger partial charge in [-0.3, -0.25) is 4.79 Å². The third kappa shape index (κ3) is 3.76. The first-order chi connectivity index (χ1) is 8.96. The Morgan fingerprint density at radius 1 is 0.895 bits per heavy atom. The second-order valence-corrected chi connectivity index (χ2v) is 7.07. The summed E-state index contributed by atoms with van der Waals surface area (Å²) in [7, 11) is -2.41. The lowest BCUT2D eigenvalue weighted by Crippen LogP contribution is -2.00. The van der Waals surface area contributed by atoms with Crippen LogP contribution in [0.1, 0.15) is 10.4 Å². The van der Waals surface area contributed by atoms with E-state index in [0.717, 1.165) is 11.1 Å². The summed E-state index contributed by atoms with van der Waals surface area (Å²) in [4.78, 5) is 11.8. The number of benzene rings is 2. The minimum absolute atomic E-state index is 0.436. The van der Waals surface area contributed by atoms with Crippen LogP contribution in [0.25, 0.3) is 11.1 Å². The molecular formula is C15H15NO2S. The Balaban J connectivity index is 2.30. The van der Waals surface area contributed by atoms with E-state index in [1.807, 2.05) is 42.5 Å². The van der Waals surface area contributed by atoms with Crippen molar-refractivity contribution in [2.75, 3.05) is 12.5 Å². The molecule has 0 atom stereocenters. The Bertz CT molecular complexity index is 689. The van der Waals surface area contributed by atoms with Crippen LogP contribution >= 0.6 is 0 Å². The molecule has 4 heteroatoms. The predicted octanol–water partition coefficient (Wildman–Crippen LogP) is 3.22. The van der Waals surface area contributed by atoms with E-state index in [1.54, 1.807) is 12.1 Å². The van der Waals surface area contributed by atoms with Gasteiger partial charge >= 0.3 is 0 Å². The van der Waals surface area contributed by atoms with Gasteiger partial charge in [0.05, 0.1) is 0 Å². The minimum Gasteiger partial charge on any atom is -0.266 e. The lowest BCUT2D eigenvalue weighted by atomic mass is 10.0. The summed E-state index contributed by atoms with van der Waals surface area (Å²) in [5.41, 5.74) is 2.58. The molecule has 0 bridgehead atoms. The van der Waals surface area contributed by atoms with Crippen molar-refractivity contribution in [3.05, 3.63) is 60.2 Å². The highest BCUT2D eigenvalue weighted by Crippen LogP contribution is 2.19. The fraction of sp³-hybridized carbons (Fsp3) is 0.133. The van der Waals surface area contributed by atoms with E-state index >= 15 is 0 Å². The van der Waals surface area contributed by atoms with Crippen molar-refractivity contribution in [3.63, 3.8) is 0 Å². The van der Waals surface area contributed by atoms with Crippen LogP contribution in [0.3, 0.4) is 0 Å². The first-order valence-electron chi connectivity index (χ1n) is 5.83. The van der Waals surface area contributed by atoms with Crippen molar-refractivity contribution >= 4 is 15.6 Å². The smallest absolute Gasteiger partial charge is 0.266 e. The van der Waals surface area contributed by atoms with Crippen LogP contribution in [-0.2, 0) is 9.73 Å². The van der Waals surface area contributed by atoms with Crippen molar-refractivity contribution in [2.45, 2.75) is 0 Å². The van der Waals surface area contributed by atoms with E-state index < -0.39 is 15.6 Å². The van der Waals surface area contributed by atoms with Crippen molar-refractivity contribution in [2.24, 2.45) is 4.36 Å². The molecule has 0 aliphatic carbocycles. The second kappa shape index (κ2) is 5.36. The van der Waals surface area contributed by atoms with Crippen molar-refractivity contribution in [1.82, 2.24) is 0 Å². The molecule has 0 aliphatic heterocycles. The van der Waals surface area contributed by atoms with Gasteiger partial charge in [0.25, 0.3) is 5.91 Å². The first-order valence-corrected chi connectivity index (χ1v) is 8.16. The molecule has 0 aromatic heterocycles. The minimum atomic E-state index is -2.41. The molecule has 0 saturated carbocycles. The molecule has 2 aromatic rings. The van der Waals surface area contributed by atoms with Crippen molar-refractivity contribution in [3.8, 4) is 11.1 Å². The molecule has 1 amide bonds. The largest absolute Gasteiger partial charge is 0.285 e. The summed E-state index contributed by atoms with van der Waals surface area (Å²) in [5.74, 6) is -0.436. The van der Waals surface area contributed by atoms with E-state index in [9.17, 15) is 9.00 Å². The van der Waals surface area contributed by atoms with Crippen LogP contribution in [-0.4, -0.2) is 22.6 Å². The van der Waals surface area contributed by atoms with Gasteiger partial charge in [0.2, 0.25) is 0 Å². The van der Waals surface area contributed by atoms with E-state index in [2.05, 4.69) is 4.36 Å². The summed E-state index contributed by atoms with van der Waals surface area (Å²) in [6.45, 7) is 0. The highest BCUT2D eigenvalue weighted by Gasteiger charge is 2.06. The molecule has 0 aliphatic rings. The maximum atomic E-state index is 11.8. The van der Waals surface area contributed by atoms with E-state index in [0.29, 0.717) is 5.56 Å². The number of amides is 1. The molecule has 0 saturated heterocycles. The second-order valence-electron chi connectivity index (χ2n) is 4.52. The number of rotatable bonds is 2. The van der Waals surface area contributed by atoms with Gasteiger partial charge in [-0.05, 0) is 23.3 Å². The third-order valence-electron chi connectivity index (χ3n) is 2.54. The molecule has 0 radical (unpaired) electrons. The molecule has 0 spiro atoms. The highest BCUT2D eigenvalue weighted by molar-refractivity contribution is 7.92. The lowest BCUT2D eigenvalue weighted by molar-refractivity contribution is 0.100. The normalized spacial score (nSPS) is 11.1. The number of nitrogens with zero attached hydrogens (tertiary/aromatic N) is 1. The van der Waals surface area contributed by atoms with Crippen LogP contribution in [0.15, 0.2) is 59.0 Å². The van der Waals surface area contributed by atoms with E-state index in [-0.39, 0.29) is 0 Å². The Labute approximate surface area is 113 Å². The molecule has 2 aromatic carbocycles. The topological polar surface area (TPSA) is 46.5 Å². The molecule has 0 unspecified atom stereocenters. The van der Waals surface area contributed by atoms with Gasteiger partial charge in [-0.15, -0.1) is 0 Å². The average molecular weight is 273 g/mol. The monoisotopic (exact) mass is 273 g/mol. The lowest BCUT2D eigenvalue weighted by Gasteiger charge is -2.02. The third-order valence-corrected chi connectivity index (χ3v) is 3.15. The van der Waals surface area contributed by atoms with E-state index in [4.69, 9.17) is 0 Å². The van der Waals surface area contributed by atoms with Gasteiger partial charge in [0.15, 0.2) is 0 Å². The number of hydrogen-bond donors (Lipinski definition) is 0. The van der Waals surface area contributed by atoms with Gasteiger partial charge < -0.3 is 0 Å². The summed E-state index contributed by atoms with van der Waals surface area (Å²) < 4.78 is 15.1. The zero-order chi connectivity index (χ0) is 13.9. The Morgan fingerprint density at radius 3 is 1.95 bits per heavy atom. The predicted molar refractivity (Wildman–Crippen MR) is 78.6 cm³/mol. The van der Waals surface area contributed by atoms with Crippen LogP contribution in [0, 0.1) is 0 Å². The maximum Gasteiger partial charge on any atom is 0.285 e. The zero-order valence-electron chi connectivity index (χ0n) is 10.9. The Hall–Kier alpha value is -1.94. The quantitative estimate of drug-likeness (QED) is 0.843. The van der Waals surface area contributed by atoms with Crippen molar-refractivity contribution < 1.29 is 9.00 Å². The summed E-state index contributed by atoms with van der Waals surface area (Å²) in [6.07, 6.45) is 2.90. The molecule has 19 heavy (non-hydrogen) atoms. The standard InChI is InChI=1S/C15H15NO2S/c1-19(2,18)16-15(17)14-10-8-13(9-11-14)12-6-4-3-5-7-12/h3-11H,1-2H3. The molecule has 98 valence electrons. The number of hydrogen-bond acceptors (Lipinski definition) is 2. The van der Waals surface area contributed by atoms with E-state index in [1.165, 1.54) is 12.5 Å². The Morgan fingerprint density at radius 2 is 1.42 bits per heavy atom. The van der Waals surface area contributed by atoms with Crippen LogP contribution < -0.4 is 0 Å². The zero-order valence-corrected chi connectivity index (χ0v) is 11.7. The summed E-state index contributed by atoms with van der Waals surface area (Å²) >= 11 is 0. The maximum absolute atomic E-state index is 11.8. The van der Waals surface area contributed by atoms with Gasteiger partial charge in [-0.2, -0.15) is 4.36 Å². The van der Waals surface area contributed by atoms with Crippen molar-refractivity contribution in [1.29, 1.82) is 0 Å². The molecule has 3 nitrogen and oxygen atoms in total.